The smallest absolute Gasteiger partial charge is 0.254 e. The molecule has 0 aliphatic rings. The molecule has 1 aromatic heterocycles. The van der Waals surface area contributed by atoms with Crippen LogP contribution < -0.4 is 0 Å². The second-order valence-electron chi connectivity index (χ2n) is 9.52. The van der Waals surface area contributed by atoms with Crippen molar-refractivity contribution in [2.24, 2.45) is 0 Å². The first kappa shape index (κ1) is 23.8. The molecule has 0 saturated heterocycles. The molecule has 0 aliphatic heterocycles. The maximum absolute atomic E-state index is 13.4. The number of carbonyl (C=O) groups excluding carboxylic acids is 1. The molecule has 2 aromatic carbocycles. The molecular formula is C28H35FN2O. The van der Waals surface area contributed by atoms with E-state index in [0.717, 1.165) is 42.6 Å². The highest BCUT2D eigenvalue weighted by Gasteiger charge is 2.19. The Morgan fingerprint density at radius 2 is 1.66 bits per heavy atom. The van der Waals surface area contributed by atoms with Gasteiger partial charge in [-0.3, -0.25) is 4.79 Å². The Balaban J connectivity index is 1.78. The van der Waals surface area contributed by atoms with Crippen molar-refractivity contribution in [3.8, 4) is 0 Å². The highest BCUT2D eigenvalue weighted by molar-refractivity contribution is 5.94. The lowest BCUT2D eigenvalue weighted by Crippen LogP contribution is -2.32. The molecule has 3 nitrogen and oxygen atoms in total. The number of carbonyl (C=O) groups is 1. The normalized spacial score (nSPS) is 11.5. The number of hydrogen-bond donors (Lipinski definition) is 0. The van der Waals surface area contributed by atoms with Crippen molar-refractivity contribution in [3.05, 3.63) is 95.1 Å². The molecule has 1 heterocycles. The first-order chi connectivity index (χ1) is 15.3. The van der Waals surface area contributed by atoms with Crippen LogP contribution in [0.15, 0.2) is 66.9 Å². The number of hydrogen-bond acceptors (Lipinski definition) is 1. The van der Waals surface area contributed by atoms with Gasteiger partial charge in [-0.05, 0) is 59.4 Å². The Morgan fingerprint density at radius 1 is 0.969 bits per heavy atom. The first-order valence-corrected chi connectivity index (χ1v) is 11.6. The highest BCUT2D eigenvalue weighted by Crippen LogP contribution is 2.23. The minimum absolute atomic E-state index is 0.0591. The van der Waals surface area contributed by atoms with Crippen molar-refractivity contribution in [3.63, 3.8) is 0 Å². The van der Waals surface area contributed by atoms with E-state index < -0.39 is 0 Å². The van der Waals surface area contributed by atoms with Crippen LogP contribution in [0.25, 0.3) is 0 Å². The van der Waals surface area contributed by atoms with Crippen LogP contribution in [0.3, 0.4) is 0 Å². The monoisotopic (exact) mass is 434 g/mol. The molecule has 0 fully saturated rings. The van der Waals surface area contributed by atoms with E-state index in [1.807, 2.05) is 29.3 Å². The van der Waals surface area contributed by atoms with Gasteiger partial charge >= 0.3 is 0 Å². The largest absolute Gasteiger partial charge is 0.345 e. The van der Waals surface area contributed by atoms with Gasteiger partial charge in [0, 0.05) is 30.5 Å². The third-order valence-corrected chi connectivity index (χ3v) is 5.86. The summed E-state index contributed by atoms with van der Waals surface area (Å²) >= 11 is 0. The van der Waals surface area contributed by atoms with Gasteiger partial charge in [-0.1, -0.05) is 64.8 Å². The summed E-state index contributed by atoms with van der Waals surface area (Å²) < 4.78 is 15.4. The maximum Gasteiger partial charge on any atom is 0.254 e. The lowest BCUT2D eigenvalue weighted by atomic mass is 9.86. The molecule has 3 rings (SSSR count). The molecule has 170 valence electrons. The van der Waals surface area contributed by atoms with E-state index in [0.29, 0.717) is 13.1 Å². The second kappa shape index (κ2) is 10.6. The fourth-order valence-electron chi connectivity index (χ4n) is 3.83. The number of unbranched alkanes of at least 4 members (excludes halogenated alkanes) is 2. The van der Waals surface area contributed by atoms with E-state index in [2.05, 4.69) is 50.5 Å². The molecule has 3 aromatic rings. The molecule has 0 spiro atoms. The number of nitrogens with zero attached hydrogens (tertiary/aromatic N) is 2. The van der Waals surface area contributed by atoms with Crippen LogP contribution in [0.5, 0.6) is 0 Å². The minimum Gasteiger partial charge on any atom is -0.345 e. The van der Waals surface area contributed by atoms with Gasteiger partial charge < -0.3 is 9.47 Å². The summed E-state index contributed by atoms with van der Waals surface area (Å²) in [5.74, 6) is -0.164. The zero-order valence-electron chi connectivity index (χ0n) is 19.8. The molecular weight excluding hydrogens is 399 g/mol. The van der Waals surface area contributed by atoms with Gasteiger partial charge in [0.25, 0.3) is 5.91 Å². The van der Waals surface area contributed by atoms with Crippen LogP contribution in [-0.4, -0.2) is 21.9 Å². The predicted molar refractivity (Wildman–Crippen MR) is 129 cm³/mol. The van der Waals surface area contributed by atoms with Crippen LogP contribution in [0, 0.1) is 5.82 Å². The molecule has 32 heavy (non-hydrogen) atoms. The van der Waals surface area contributed by atoms with E-state index in [1.54, 1.807) is 12.1 Å². The third kappa shape index (κ3) is 6.32. The molecule has 1 amide bonds. The summed E-state index contributed by atoms with van der Waals surface area (Å²) in [6.45, 7) is 10.6. The average molecular weight is 435 g/mol. The summed E-state index contributed by atoms with van der Waals surface area (Å²) in [5.41, 5.74) is 4.12. The number of rotatable bonds is 9. The van der Waals surface area contributed by atoms with Crippen LogP contribution in [0.4, 0.5) is 4.39 Å². The fraction of sp³-hybridized carbons (Fsp3) is 0.393. The van der Waals surface area contributed by atoms with Crippen LogP contribution in [0.1, 0.15) is 74.1 Å². The SMILES string of the molecule is CCCCCN(Cc1cccn1Cc1ccc(F)cc1)C(=O)c1ccc(C(C)(C)C)cc1. The van der Waals surface area contributed by atoms with Crippen molar-refractivity contribution in [1.29, 1.82) is 0 Å². The van der Waals surface area contributed by atoms with Crippen molar-refractivity contribution < 1.29 is 9.18 Å². The summed E-state index contributed by atoms with van der Waals surface area (Å²) in [6, 6.07) is 18.7. The van der Waals surface area contributed by atoms with Crippen molar-refractivity contribution >= 4 is 5.91 Å². The van der Waals surface area contributed by atoms with Crippen molar-refractivity contribution in [2.75, 3.05) is 6.54 Å². The van der Waals surface area contributed by atoms with E-state index in [4.69, 9.17) is 0 Å². The van der Waals surface area contributed by atoms with Gasteiger partial charge in [0.15, 0.2) is 0 Å². The zero-order chi connectivity index (χ0) is 23.1. The van der Waals surface area contributed by atoms with E-state index in [1.165, 1.54) is 17.7 Å². The van der Waals surface area contributed by atoms with Gasteiger partial charge in [0.05, 0.1) is 6.54 Å². The van der Waals surface area contributed by atoms with Crippen LogP contribution in [-0.2, 0) is 18.5 Å². The van der Waals surface area contributed by atoms with Gasteiger partial charge in [0.2, 0.25) is 0 Å². The van der Waals surface area contributed by atoms with Gasteiger partial charge in [0.1, 0.15) is 5.82 Å². The molecule has 0 unspecified atom stereocenters. The van der Waals surface area contributed by atoms with Crippen molar-refractivity contribution in [1.82, 2.24) is 9.47 Å². The van der Waals surface area contributed by atoms with E-state index >= 15 is 0 Å². The number of aromatic nitrogens is 1. The summed E-state index contributed by atoms with van der Waals surface area (Å²) in [5, 5.41) is 0. The zero-order valence-corrected chi connectivity index (χ0v) is 19.8. The number of amides is 1. The standard InChI is InChI=1S/C28H35FN2O/c1-5-6-7-18-31(27(32)23-12-14-24(15-13-23)28(2,3)4)21-26-9-8-19-30(26)20-22-10-16-25(29)17-11-22/h8-17,19H,5-7,18,20-21H2,1-4H3. The average Bonchev–Trinajstić information content (AvgIpc) is 3.20. The fourth-order valence-corrected chi connectivity index (χ4v) is 3.83. The summed E-state index contributed by atoms with van der Waals surface area (Å²) in [4.78, 5) is 15.4. The van der Waals surface area contributed by atoms with Gasteiger partial charge in [-0.2, -0.15) is 0 Å². The molecule has 0 bridgehead atoms. The van der Waals surface area contributed by atoms with Gasteiger partial charge in [-0.15, -0.1) is 0 Å². The van der Waals surface area contributed by atoms with E-state index in [9.17, 15) is 9.18 Å². The molecule has 0 N–H and O–H groups in total. The Kier molecular flexibility index (Phi) is 7.89. The second-order valence-corrected chi connectivity index (χ2v) is 9.52. The highest BCUT2D eigenvalue weighted by atomic mass is 19.1. The molecule has 0 aliphatic carbocycles. The first-order valence-electron chi connectivity index (χ1n) is 11.6. The third-order valence-electron chi connectivity index (χ3n) is 5.86. The van der Waals surface area contributed by atoms with Gasteiger partial charge in [-0.25, -0.2) is 4.39 Å². The Bertz CT molecular complexity index is 997. The molecule has 0 atom stereocenters. The Hall–Kier alpha value is -2.88. The summed E-state index contributed by atoms with van der Waals surface area (Å²) in [6.07, 6.45) is 5.22. The molecule has 4 heteroatoms. The molecule has 0 radical (unpaired) electrons. The van der Waals surface area contributed by atoms with Crippen LogP contribution >= 0.6 is 0 Å². The number of halogens is 1. The lowest BCUT2D eigenvalue weighted by Gasteiger charge is -2.25. The van der Waals surface area contributed by atoms with E-state index in [-0.39, 0.29) is 17.1 Å². The Labute approximate surface area is 191 Å². The lowest BCUT2D eigenvalue weighted by molar-refractivity contribution is 0.0736. The topological polar surface area (TPSA) is 25.2 Å². The summed E-state index contributed by atoms with van der Waals surface area (Å²) in [7, 11) is 0. The van der Waals surface area contributed by atoms with Crippen LogP contribution in [0.2, 0.25) is 0 Å². The Morgan fingerprint density at radius 3 is 2.28 bits per heavy atom. The minimum atomic E-state index is -0.230. The van der Waals surface area contributed by atoms with Crippen molar-refractivity contribution in [2.45, 2.75) is 65.5 Å². The quantitative estimate of drug-likeness (QED) is 0.340. The predicted octanol–water partition coefficient (Wildman–Crippen LogP) is 6.81. The maximum atomic E-state index is 13.4. The molecule has 0 saturated carbocycles. The number of benzene rings is 2.